The highest BCUT2D eigenvalue weighted by Crippen LogP contribution is 2.21. The molecule has 0 aliphatic heterocycles. The summed E-state index contributed by atoms with van der Waals surface area (Å²) in [5.41, 5.74) is 4.75. The van der Waals surface area contributed by atoms with Gasteiger partial charge in [0.25, 0.3) is 0 Å². The van der Waals surface area contributed by atoms with Crippen LogP contribution < -0.4 is 0 Å². The zero-order valence-corrected chi connectivity index (χ0v) is 6.76. The van der Waals surface area contributed by atoms with Crippen LogP contribution in [-0.2, 0) is 6.42 Å². The van der Waals surface area contributed by atoms with Crippen LogP contribution in [-0.4, -0.2) is 10.2 Å². The van der Waals surface area contributed by atoms with Gasteiger partial charge in [-0.1, -0.05) is 5.57 Å². The van der Waals surface area contributed by atoms with Gasteiger partial charge in [-0.15, -0.1) is 0 Å². The van der Waals surface area contributed by atoms with Crippen LogP contribution in [0.2, 0.25) is 0 Å². The third kappa shape index (κ3) is 1.04. The van der Waals surface area contributed by atoms with Crippen LogP contribution in [0.4, 0.5) is 0 Å². The van der Waals surface area contributed by atoms with E-state index in [1.165, 1.54) is 11.1 Å². The number of allylic oxidation sites excluding steroid dienone is 1. The highest BCUT2D eigenvalue weighted by molar-refractivity contribution is 5.59. The molecular weight excluding hydrogens is 136 g/mol. The average Bonchev–Trinajstić information content (AvgIpc) is 2.27. The van der Waals surface area contributed by atoms with Crippen LogP contribution in [0.5, 0.6) is 0 Å². The molecule has 2 heteroatoms. The van der Waals surface area contributed by atoms with Crippen molar-refractivity contribution in [1.29, 1.82) is 0 Å². The van der Waals surface area contributed by atoms with Gasteiger partial charge in [0, 0.05) is 0 Å². The van der Waals surface area contributed by atoms with Gasteiger partial charge in [-0.05, 0) is 38.0 Å². The van der Waals surface area contributed by atoms with Crippen molar-refractivity contribution in [1.82, 2.24) is 10.2 Å². The minimum Gasteiger partial charge on any atom is -0.155 e. The van der Waals surface area contributed by atoms with Gasteiger partial charge in [-0.2, -0.15) is 10.2 Å². The fourth-order valence-corrected chi connectivity index (χ4v) is 1.40. The van der Waals surface area contributed by atoms with E-state index in [0.717, 1.165) is 17.8 Å². The highest BCUT2D eigenvalue weighted by Gasteiger charge is 2.10. The van der Waals surface area contributed by atoms with E-state index < -0.39 is 0 Å². The molecule has 2 nitrogen and oxygen atoms in total. The van der Waals surface area contributed by atoms with Gasteiger partial charge in [0.15, 0.2) is 0 Å². The van der Waals surface area contributed by atoms with Crippen molar-refractivity contribution in [2.75, 3.05) is 0 Å². The Morgan fingerprint density at radius 1 is 1.27 bits per heavy atom. The number of rotatable bonds is 0. The summed E-state index contributed by atoms with van der Waals surface area (Å²) in [6, 6.07) is 2.11. The summed E-state index contributed by atoms with van der Waals surface area (Å²) in [5, 5.41) is 8.07. The standard InChI is InChI=1S/C9H10N2/c1-6-3-8-5-7(2)10-11-9(8)4-6/h4-5H,3H2,1-2H3. The van der Waals surface area contributed by atoms with Gasteiger partial charge in [0.1, 0.15) is 0 Å². The van der Waals surface area contributed by atoms with E-state index >= 15 is 0 Å². The molecule has 0 radical (unpaired) electrons. The third-order valence-electron chi connectivity index (χ3n) is 1.88. The molecule has 0 fully saturated rings. The maximum atomic E-state index is 4.08. The molecule has 0 aromatic carbocycles. The Kier molecular flexibility index (Phi) is 1.28. The minimum absolute atomic E-state index is 1.01. The second-order valence-electron chi connectivity index (χ2n) is 3.06. The first-order valence-electron chi connectivity index (χ1n) is 3.76. The molecule has 56 valence electrons. The molecule has 0 saturated heterocycles. The first-order chi connectivity index (χ1) is 5.25. The fourth-order valence-electron chi connectivity index (χ4n) is 1.40. The number of aromatic nitrogens is 2. The van der Waals surface area contributed by atoms with E-state index in [2.05, 4.69) is 29.3 Å². The predicted octanol–water partition coefficient (Wildman–Crippen LogP) is 1.74. The molecule has 11 heavy (non-hydrogen) atoms. The molecular formula is C9H10N2. The number of nitrogens with zero attached hydrogens (tertiary/aromatic N) is 2. The Labute approximate surface area is 66.0 Å². The quantitative estimate of drug-likeness (QED) is 0.557. The van der Waals surface area contributed by atoms with E-state index in [-0.39, 0.29) is 0 Å². The van der Waals surface area contributed by atoms with Crippen LogP contribution in [0, 0.1) is 6.92 Å². The van der Waals surface area contributed by atoms with Crippen LogP contribution >= 0.6 is 0 Å². The van der Waals surface area contributed by atoms with E-state index in [4.69, 9.17) is 0 Å². The number of hydrogen-bond acceptors (Lipinski definition) is 2. The molecule has 0 N–H and O–H groups in total. The van der Waals surface area contributed by atoms with E-state index in [1.807, 2.05) is 6.92 Å². The summed E-state index contributed by atoms with van der Waals surface area (Å²) in [6.45, 7) is 4.10. The number of fused-ring (bicyclic) bond motifs is 1. The largest absolute Gasteiger partial charge is 0.155 e. The van der Waals surface area contributed by atoms with Gasteiger partial charge in [0.2, 0.25) is 0 Å². The molecule has 1 heterocycles. The summed E-state index contributed by atoms with van der Waals surface area (Å²) in [7, 11) is 0. The van der Waals surface area contributed by atoms with E-state index in [1.54, 1.807) is 0 Å². The molecule has 0 bridgehead atoms. The lowest BCUT2D eigenvalue weighted by Crippen LogP contribution is -1.92. The molecule has 1 aliphatic rings. The van der Waals surface area contributed by atoms with Crippen molar-refractivity contribution in [3.63, 3.8) is 0 Å². The average molecular weight is 146 g/mol. The van der Waals surface area contributed by atoms with Crippen LogP contribution in [0.1, 0.15) is 23.9 Å². The summed E-state index contributed by atoms with van der Waals surface area (Å²) >= 11 is 0. The molecule has 0 unspecified atom stereocenters. The topological polar surface area (TPSA) is 25.8 Å². The summed E-state index contributed by atoms with van der Waals surface area (Å²) < 4.78 is 0. The molecule has 1 aliphatic carbocycles. The van der Waals surface area contributed by atoms with E-state index in [9.17, 15) is 0 Å². The van der Waals surface area contributed by atoms with Crippen molar-refractivity contribution in [2.45, 2.75) is 20.3 Å². The summed E-state index contributed by atoms with van der Waals surface area (Å²) in [6.07, 6.45) is 3.15. The molecule has 1 aromatic heterocycles. The Morgan fingerprint density at radius 2 is 2.09 bits per heavy atom. The fraction of sp³-hybridized carbons (Fsp3) is 0.333. The summed E-state index contributed by atoms with van der Waals surface area (Å²) in [4.78, 5) is 0. The monoisotopic (exact) mass is 146 g/mol. The molecule has 0 atom stereocenters. The lowest BCUT2D eigenvalue weighted by atomic mass is 10.2. The first kappa shape index (κ1) is 6.53. The number of hydrogen-bond donors (Lipinski definition) is 0. The number of aryl methyl sites for hydroxylation is 1. The Bertz CT molecular complexity index is 326. The van der Waals surface area contributed by atoms with E-state index in [0.29, 0.717) is 0 Å². The van der Waals surface area contributed by atoms with Gasteiger partial charge >= 0.3 is 0 Å². The Balaban J connectivity index is 2.52. The third-order valence-corrected chi connectivity index (χ3v) is 1.88. The summed E-state index contributed by atoms with van der Waals surface area (Å²) in [5.74, 6) is 0. The van der Waals surface area contributed by atoms with Gasteiger partial charge in [-0.25, -0.2) is 0 Å². The van der Waals surface area contributed by atoms with Crippen LogP contribution in [0.3, 0.4) is 0 Å². The maximum Gasteiger partial charge on any atom is 0.0892 e. The molecule has 2 rings (SSSR count). The Hall–Kier alpha value is -1.18. The SMILES string of the molecule is CC1=Cc2nnc(C)cc2C1. The van der Waals surface area contributed by atoms with Crippen LogP contribution in [0.25, 0.3) is 6.08 Å². The van der Waals surface area contributed by atoms with Crippen molar-refractivity contribution in [3.05, 3.63) is 28.6 Å². The van der Waals surface area contributed by atoms with Gasteiger partial charge in [0.05, 0.1) is 11.4 Å². The molecule has 0 saturated carbocycles. The lowest BCUT2D eigenvalue weighted by Gasteiger charge is -1.96. The van der Waals surface area contributed by atoms with Crippen molar-refractivity contribution < 1.29 is 0 Å². The zero-order valence-electron chi connectivity index (χ0n) is 6.76. The maximum absolute atomic E-state index is 4.08. The molecule has 0 spiro atoms. The predicted molar refractivity (Wildman–Crippen MR) is 44.1 cm³/mol. The molecule has 1 aromatic rings. The molecule has 0 amide bonds. The van der Waals surface area contributed by atoms with Crippen LogP contribution in [0.15, 0.2) is 11.6 Å². The lowest BCUT2D eigenvalue weighted by molar-refractivity contribution is 0.951. The highest BCUT2D eigenvalue weighted by atomic mass is 15.1. The zero-order chi connectivity index (χ0) is 7.84. The first-order valence-corrected chi connectivity index (χ1v) is 3.76. The van der Waals surface area contributed by atoms with Gasteiger partial charge < -0.3 is 0 Å². The smallest absolute Gasteiger partial charge is 0.0892 e. The van der Waals surface area contributed by atoms with Crippen molar-refractivity contribution in [3.8, 4) is 0 Å². The van der Waals surface area contributed by atoms with Crippen molar-refractivity contribution in [2.24, 2.45) is 0 Å². The van der Waals surface area contributed by atoms with Crippen molar-refractivity contribution >= 4 is 6.08 Å². The normalized spacial score (nSPS) is 14.5. The second-order valence-corrected chi connectivity index (χ2v) is 3.06. The Morgan fingerprint density at radius 3 is 2.91 bits per heavy atom. The second kappa shape index (κ2) is 2.16. The minimum atomic E-state index is 1.01. The van der Waals surface area contributed by atoms with Gasteiger partial charge in [-0.3, -0.25) is 0 Å².